The summed E-state index contributed by atoms with van der Waals surface area (Å²) in [6, 6.07) is -0.679. The summed E-state index contributed by atoms with van der Waals surface area (Å²) in [5.74, 6) is -0.0973. The molecule has 0 aliphatic heterocycles. The Hall–Kier alpha value is -0.900. The van der Waals surface area contributed by atoms with Crippen molar-refractivity contribution >= 4 is 11.7 Å². The van der Waals surface area contributed by atoms with Gasteiger partial charge in [-0.05, 0) is 18.9 Å². The lowest BCUT2D eigenvalue weighted by atomic mass is 9.81. The number of amides is 1. The molecule has 0 aromatic heterocycles. The lowest BCUT2D eigenvalue weighted by molar-refractivity contribution is -0.133. The van der Waals surface area contributed by atoms with E-state index < -0.39 is 6.04 Å². The lowest BCUT2D eigenvalue weighted by Gasteiger charge is -2.32. The monoisotopic (exact) mass is 256 g/mol. The zero-order valence-corrected chi connectivity index (χ0v) is 12.8. The maximum absolute atomic E-state index is 12.2. The van der Waals surface area contributed by atoms with Crippen molar-refractivity contribution in [1.82, 2.24) is 10.6 Å². The predicted molar refractivity (Wildman–Crippen MR) is 74.4 cm³/mol. The first kappa shape index (κ1) is 17.1. The van der Waals surface area contributed by atoms with E-state index in [1.807, 2.05) is 41.5 Å². The summed E-state index contributed by atoms with van der Waals surface area (Å²) in [5, 5.41) is 5.84. The van der Waals surface area contributed by atoms with Gasteiger partial charge in [-0.3, -0.25) is 9.59 Å². The highest BCUT2D eigenvalue weighted by Crippen LogP contribution is 2.22. The Labute approximate surface area is 111 Å². The quantitative estimate of drug-likeness (QED) is 0.761. The van der Waals surface area contributed by atoms with Crippen LogP contribution in [0.1, 0.15) is 48.0 Å². The Kier molecular flexibility index (Phi) is 6.54. The summed E-state index contributed by atoms with van der Waals surface area (Å²) in [7, 11) is 1.75. The molecule has 2 N–H and O–H groups in total. The first-order valence-electron chi connectivity index (χ1n) is 6.66. The number of rotatable bonds is 6. The minimum absolute atomic E-state index is 0.0795. The zero-order valence-electron chi connectivity index (χ0n) is 12.8. The van der Waals surface area contributed by atoms with Gasteiger partial charge in [0.25, 0.3) is 0 Å². The SMILES string of the molecule is CC[C@H](NC)C(=O)N[C@H](C(=O)C(C)C)C(C)(C)C. The molecule has 0 spiro atoms. The van der Waals surface area contributed by atoms with E-state index in [-0.39, 0.29) is 29.1 Å². The van der Waals surface area contributed by atoms with E-state index in [1.54, 1.807) is 7.05 Å². The van der Waals surface area contributed by atoms with Crippen LogP contribution in [0.5, 0.6) is 0 Å². The van der Waals surface area contributed by atoms with Crippen molar-refractivity contribution < 1.29 is 9.59 Å². The Morgan fingerprint density at radius 3 is 1.94 bits per heavy atom. The number of likely N-dealkylation sites (N-methyl/N-ethyl adjacent to an activating group) is 1. The van der Waals surface area contributed by atoms with Crippen molar-refractivity contribution in [2.24, 2.45) is 11.3 Å². The number of nitrogens with one attached hydrogen (secondary N) is 2. The molecule has 0 unspecified atom stereocenters. The molecule has 1 amide bonds. The van der Waals surface area contributed by atoms with E-state index in [4.69, 9.17) is 0 Å². The molecule has 0 rings (SSSR count). The van der Waals surface area contributed by atoms with Crippen molar-refractivity contribution in [3.05, 3.63) is 0 Å². The summed E-state index contributed by atoms with van der Waals surface area (Å²) in [6.07, 6.45) is 0.703. The number of carbonyl (C=O) groups is 2. The Bertz CT molecular complexity index is 289. The van der Waals surface area contributed by atoms with Crippen molar-refractivity contribution in [3.63, 3.8) is 0 Å². The summed E-state index contributed by atoms with van der Waals surface area (Å²) in [6.45, 7) is 11.6. The molecule has 106 valence electrons. The summed E-state index contributed by atoms with van der Waals surface area (Å²) in [4.78, 5) is 24.3. The van der Waals surface area contributed by atoms with E-state index in [0.717, 1.165) is 0 Å². The first-order chi connectivity index (χ1) is 8.15. The molecule has 0 aromatic rings. The smallest absolute Gasteiger partial charge is 0.237 e. The van der Waals surface area contributed by atoms with Crippen LogP contribution in [0.4, 0.5) is 0 Å². The third-order valence-corrected chi connectivity index (χ3v) is 3.08. The van der Waals surface area contributed by atoms with Crippen LogP contribution in [-0.4, -0.2) is 30.8 Å². The molecule has 18 heavy (non-hydrogen) atoms. The second kappa shape index (κ2) is 6.88. The van der Waals surface area contributed by atoms with Gasteiger partial charge in [-0.15, -0.1) is 0 Å². The zero-order chi connectivity index (χ0) is 14.5. The molecular weight excluding hydrogens is 228 g/mol. The lowest BCUT2D eigenvalue weighted by Crippen LogP contribution is -2.55. The molecule has 4 heteroatoms. The molecule has 0 aliphatic carbocycles. The average Bonchev–Trinajstić information content (AvgIpc) is 2.24. The summed E-state index contributed by atoms with van der Waals surface area (Å²) in [5.41, 5.74) is -0.275. The third kappa shape index (κ3) is 4.77. The second-order valence-electron chi connectivity index (χ2n) is 6.11. The standard InChI is InChI=1S/C14H28N2O2/c1-8-10(15-7)13(18)16-12(14(4,5)6)11(17)9(2)3/h9-10,12,15H,8H2,1-7H3,(H,16,18)/t10-,12+/m0/s1. The van der Waals surface area contributed by atoms with Gasteiger partial charge in [-0.25, -0.2) is 0 Å². The third-order valence-electron chi connectivity index (χ3n) is 3.08. The Morgan fingerprint density at radius 2 is 1.67 bits per heavy atom. The molecular formula is C14H28N2O2. The number of carbonyl (C=O) groups excluding carboxylic acids is 2. The molecule has 0 aliphatic rings. The van der Waals surface area contributed by atoms with Gasteiger partial charge < -0.3 is 10.6 Å². The van der Waals surface area contributed by atoms with Crippen molar-refractivity contribution in [3.8, 4) is 0 Å². The molecule has 0 aromatic carbocycles. The molecule has 4 nitrogen and oxygen atoms in total. The predicted octanol–water partition coefficient (Wildman–Crippen LogP) is 1.74. The summed E-state index contributed by atoms with van der Waals surface area (Å²) < 4.78 is 0. The van der Waals surface area contributed by atoms with Gasteiger partial charge in [0.2, 0.25) is 5.91 Å². The number of hydrogen-bond donors (Lipinski definition) is 2. The minimum atomic E-state index is -0.438. The highest BCUT2D eigenvalue weighted by Gasteiger charge is 2.34. The topological polar surface area (TPSA) is 58.2 Å². The number of hydrogen-bond acceptors (Lipinski definition) is 3. The molecule has 0 saturated carbocycles. The van der Waals surface area contributed by atoms with Crippen LogP contribution in [-0.2, 0) is 9.59 Å². The fourth-order valence-electron chi connectivity index (χ4n) is 1.81. The fourth-order valence-corrected chi connectivity index (χ4v) is 1.81. The fraction of sp³-hybridized carbons (Fsp3) is 0.857. The van der Waals surface area contributed by atoms with Crippen molar-refractivity contribution in [2.45, 2.75) is 60.0 Å². The average molecular weight is 256 g/mol. The van der Waals surface area contributed by atoms with Gasteiger partial charge >= 0.3 is 0 Å². The highest BCUT2D eigenvalue weighted by atomic mass is 16.2. The molecule has 0 bridgehead atoms. The highest BCUT2D eigenvalue weighted by molar-refractivity contribution is 5.92. The molecule has 0 saturated heterocycles. The first-order valence-corrected chi connectivity index (χ1v) is 6.66. The maximum Gasteiger partial charge on any atom is 0.237 e. The van der Waals surface area contributed by atoms with Crippen LogP contribution >= 0.6 is 0 Å². The normalized spacial score (nSPS) is 15.3. The van der Waals surface area contributed by atoms with Crippen LogP contribution in [0.2, 0.25) is 0 Å². The van der Waals surface area contributed by atoms with E-state index in [0.29, 0.717) is 6.42 Å². The molecule has 2 atom stereocenters. The van der Waals surface area contributed by atoms with Crippen molar-refractivity contribution in [2.75, 3.05) is 7.05 Å². The largest absolute Gasteiger partial charge is 0.344 e. The van der Waals surface area contributed by atoms with Gasteiger partial charge in [0.05, 0.1) is 12.1 Å². The van der Waals surface area contributed by atoms with E-state index in [9.17, 15) is 9.59 Å². The summed E-state index contributed by atoms with van der Waals surface area (Å²) >= 11 is 0. The van der Waals surface area contributed by atoms with Crippen LogP contribution in [0.3, 0.4) is 0 Å². The van der Waals surface area contributed by atoms with Gasteiger partial charge in [-0.1, -0.05) is 41.5 Å². The van der Waals surface area contributed by atoms with E-state index in [2.05, 4.69) is 10.6 Å². The van der Waals surface area contributed by atoms with Gasteiger partial charge in [-0.2, -0.15) is 0 Å². The van der Waals surface area contributed by atoms with Crippen LogP contribution in [0.15, 0.2) is 0 Å². The van der Waals surface area contributed by atoms with E-state index >= 15 is 0 Å². The minimum Gasteiger partial charge on any atom is -0.344 e. The number of ketones is 1. The Balaban J connectivity index is 4.92. The van der Waals surface area contributed by atoms with Crippen LogP contribution in [0.25, 0.3) is 0 Å². The second-order valence-corrected chi connectivity index (χ2v) is 6.11. The number of Topliss-reactive ketones (excluding diaryl/α,β-unsaturated/α-hetero) is 1. The van der Waals surface area contributed by atoms with Crippen LogP contribution < -0.4 is 10.6 Å². The molecule has 0 heterocycles. The molecule has 0 radical (unpaired) electrons. The maximum atomic E-state index is 12.2. The molecule has 0 fully saturated rings. The van der Waals surface area contributed by atoms with E-state index in [1.165, 1.54) is 0 Å². The van der Waals surface area contributed by atoms with Gasteiger partial charge in [0.1, 0.15) is 0 Å². The van der Waals surface area contributed by atoms with Gasteiger partial charge in [0.15, 0.2) is 5.78 Å². The van der Waals surface area contributed by atoms with Crippen LogP contribution in [0, 0.1) is 11.3 Å². The van der Waals surface area contributed by atoms with Gasteiger partial charge in [0, 0.05) is 5.92 Å². The Morgan fingerprint density at radius 1 is 1.17 bits per heavy atom. The van der Waals surface area contributed by atoms with Crippen molar-refractivity contribution in [1.29, 1.82) is 0 Å².